The molecule has 0 radical (unpaired) electrons. The summed E-state index contributed by atoms with van der Waals surface area (Å²) in [5.41, 5.74) is 0. The van der Waals surface area contributed by atoms with Crippen molar-refractivity contribution in [3.63, 3.8) is 0 Å². The molecule has 0 spiro atoms. The summed E-state index contributed by atoms with van der Waals surface area (Å²) < 4.78 is 10.2. The first-order valence-corrected chi connectivity index (χ1v) is 6.10. The average molecular weight is 229 g/mol. The zero-order valence-corrected chi connectivity index (χ0v) is 10.5. The van der Waals surface area contributed by atoms with Crippen molar-refractivity contribution in [2.45, 2.75) is 45.2 Å². The predicted molar refractivity (Wildman–Crippen MR) is 62.2 cm³/mol. The minimum Gasteiger partial charge on any atom is -0.468 e. The molecule has 1 N–H and O–H groups in total. The molecule has 1 heterocycles. The van der Waals surface area contributed by atoms with Crippen molar-refractivity contribution in [3.05, 3.63) is 0 Å². The molecule has 4 heteroatoms. The van der Waals surface area contributed by atoms with E-state index in [4.69, 9.17) is 9.47 Å². The van der Waals surface area contributed by atoms with Gasteiger partial charge >= 0.3 is 5.97 Å². The fourth-order valence-corrected chi connectivity index (χ4v) is 2.00. The molecule has 0 saturated carbocycles. The molecule has 1 aliphatic rings. The van der Waals surface area contributed by atoms with Crippen LogP contribution >= 0.6 is 0 Å². The zero-order valence-electron chi connectivity index (χ0n) is 10.5. The standard InChI is InChI=1S/C12H23NO3/c1-4-9(2)13-11(12(14)15-3)10-5-7-16-8-6-10/h9-11,13H,4-8H2,1-3H3. The highest BCUT2D eigenvalue weighted by molar-refractivity contribution is 5.76. The highest BCUT2D eigenvalue weighted by Crippen LogP contribution is 2.20. The summed E-state index contributed by atoms with van der Waals surface area (Å²) in [7, 11) is 1.45. The predicted octanol–water partition coefficient (Wildman–Crippen LogP) is 1.34. The lowest BCUT2D eigenvalue weighted by Crippen LogP contribution is -2.48. The van der Waals surface area contributed by atoms with Gasteiger partial charge in [-0.3, -0.25) is 4.79 Å². The summed E-state index contributed by atoms with van der Waals surface area (Å²) in [6.07, 6.45) is 2.88. The van der Waals surface area contributed by atoms with Crippen molar-refractivity contribution in [3.8, 4) is 0 Å². The molecule has 2 unspecified atom stereocenters. The van der Waals surface area contributed by atoms with Crippen LogP contribution in [0.2, 0.25) is 0 Å². The van der Waals surface area contributed by atoms with Gasteiger partial charge in [-0.25, -0.2) is 0 Å². The number of nitrogens with one attached hydrogen (secondary N) is 1. The summed E-state index contributed by atoms with van der Waals surface area (Å²) in [4.78, 5) is 11.7. The largest absolute Gasteiger partial charge is 0.468 e. The van der Waals surface area contributed by atoms with Crippen LogP contribution in [0.15, 0.2) is 0 Å². The lowest BCUT2D eigenvalue weighted by atomic mass is 9.91. The van der Waals surface area contributed by atoms with Gasteiger partial charge in [-0.1, -0.05) is 6.92 Å². The van der Waals surface area contributed by atoms with Crippen LogP contribution in [0.25, 0.3) is 0 Å². The molecule has 1 rings (SSSR count). The van der Waals surface area contributed by atoms with E-state index in [0.717, 1.165) is 32.5 Å². The van der Waals surface area contributed by atoms with Gasteiger partial charge in [0.2, 0.25) is 0 Å². The number of ether oxygens (including phenoxy) is 2. The van der Waals surface area contributed by atoms with E-state index < -0.39 is 0 Å². The second-order valence-corrected chi connectivity index (χ2v) is 4.43. The van der Waals surface area contributed by atoms with E-state index in [1.807, 2.05) is 0 Å². The van der Waals surface area contributed by atoms with Crippen LogP contribution in [-0.2, 0) is 14.3 Å². The van der Waals surface area contributed by atoms with Crippen molar-refractivity contribution in [2.24, 2.45) is 5.92 Å². The van der Waals surface area contributed by atoms with E-state index in [0.29, 0.717) is 12.0 Å². The monoisotopic (exact) mass is 229 g/mol. The molecule has 0 aliphatic carbocycles. The molecule has 16 heavy (non-hydrogen) atoms. The Morgan fingerprint density at radius 2 is 2.12 bits per heavy atom. The summed E-state index contributed by atoms with van der Waals surface area (Å²) in [6.45, 7) is 5.70. The maximum absolute atomic E-state index is 11.7. The van der Waals surface area contributed by atoms with Crippen molar-refractivity contribution < 1.29 is 14.3 Å². The maximum atomic E-state index is 11.7. The van der Waals surface area contributed by atoms with E-state index in [-0.39, 0.29) is 12.0 Å². The second kappa shape index (κ2) is 6.86. The molecular weight excluding hydrogens is 206 g/mol. The van der Waals surface area contributed by atoms with Gasteiger partial charge in [0.1, 0.15) is 6.04 Å². The van der Waals surface area contributed by atoms with Gasteiger partial charge in [-0.2, -0.15) is 0 Å². The van der Waals surface area contributed by atoms with E-state index in [2.05, 4.69) is 19.2 Å². The molecule has 1 saturated heterocycles. The first-order chi connectivity index (χ1) is 7.69. The Labute approximate surface area is 97.7 Å². The van der Waals surface area contributed by atoms with Gasteiger partial charge in [0.25, 0.3) is 0 Å². The third kappa shape index (κ3) is 3.76. The van der Waals surface area contributed by atoms with Crippen LogP contribution < -0.4 is 5.32 Å². The number of carbonyl (C=O) groups is 1. The second-order valence-electron chi connectivity index (χ2n) is 4.43. The van der Waals surface area contributed by atoms with Gasteiger partial charge < -0.3 is 14.8 Å². The summed E-state index contributed by atoms with van der Waals surface area (Å²) in [5.74, 6) is 0.197. The molecule has 0 bridgehead atoms. The van der Waals surface area contributed by atoms with Crippen LogP contribution in [0.4, 0.5) is 0 Å². The van der Waals surface area contributed by atoms with Gasteiger partial charge in [-0.05, 0) is 32.1 Å². The maximum Gasteiger partial charge on any atom is 0.323 e. The molecule has 1 aliphatic heterocycles. The number of hydrogen-bond donors (Lipinski definition) is 1. The smallest absolute Gasteiger partial charge is 0.323 e. The molecule has 94 valence electrons. The van der Waals surface area contributed by atoms with Crippen LogP contribution in [-0.4, -0.2) is 38.4 Å². The van der Waals surface area contributed by atoms with E-state index in [1.54, 1.807) is 0 Å². The van der Waals surface area contributed by atoms with Crippen LogP contribution in [0.3, 0.4) is 0 Å². The van der Waals surface area contributed by atoms with Gasteiger partial charge in [0, 0.05) is 19.3 Å². The summed E-state index contributed by atoms with van der Waals surface area (Å²) >= 11 is 0. The molecule has 1 fully saturated rings. The minimum atomic E-state index is -0.177. The Morgan fingerprint density at radius 3 is 2.62 bits per heavy atom. The number of hydrogen-bond acceptors (Lipinski definition) is 4. The molecule has 0 aromatic heterocycles. The third-order valence-electron chi connectivity index (χ3n) is 3.27. The first-order valence-electron chi connectivity index (χ1n) is 6.10. The lowest BCUT2D eigenvalue weighted by molar-refractivity contribution is -0.146. The Kier molecular flexibility index (Phi) is 5.77. The molecule has 0 aromatic rings. The molecule has 2 atom stereocenters. The van der Waals surface area contributed by atoms with Crippen molar-refractivity contribution >= 4 is 5.97 Å². The van der Waals surface area contributed by atoms with Gasteiger partial charge in [0.15, 0.2) is 0 Å². The number of methoxy groups -OCH3 is 1. The number of carbonyl (C=O) groups excluding carboxylic acids is 1. The Morgan fingerprint density at radius 1 is 1.50 bits per heavy atom. The molecule has 4 nitrogen and oxygen atoms in total. The molecular formula is C12H23NO3. The normalized spacial score (nSPS) is 21.4. The fourth-order valence-electron chi connectivity index (χ4n) is 2.00. The van der Waals surface area contributed by atoms with Crippen LogP contribution in [0.1, 0.15) is 33.1 Å². The molecule has 0 amide bonds. The highest BCUT2D eigenvalue weighted by Gasteiger charge is 2.31. The van der Waals surface area contributed by atoms with E-state index in [9.17, 15) is 4.79 Å². The number of rotatable bonds is 5. The van der Waals surface area contributed by atoms with Crippen molar-refractivity contribution in [1.82, 2.24) is 5.32 Å². The Bertz CT molecular complexity index is 214. The number of esters is 1. The quantitative estimate of drug-likeness (QED) is 0.723. The third-order valence-corrected chi connectivity index (χ3v) is 3.27. The Hall–Kier alpha value is -0.610. The minimum absolute atomic E-state index is 0.146. The highest BCUT2D eigenvalue weighted by atomic mass is 16.5. The lowest BCUT2D eigenvalue weighted by Gasteiger charge is -2.31. The van der Waals surface area contributed by atoms with E-state index in [1.165, 1.54) is 7.11 Å². The van der Waals surface area contributed by atoms with Crippen molar-refractivity contribution in [1.29, 1.82) is 0 Å². The topological polar surface area (TPSA) is 47.6 Å². The average Bonchev–Trinajstić information content (AvgIpc) is 2.35. The summed E-state index contributed by atoms with van der Waals surface area (Å²) in [6, 6.07) is 0.163. The Balaban J connectivity index is 2.58. The van der Waals surface area contributed by atoms with Crippen LogP contribution in [0.5, 0.6) is 0 Å². The summed E-state index contributed by atoms with van der Waals surface area (Å²) in [5, 5.41) is 3.36. The van der Waals surface area contributed by atoms with Crippen molar-refractivity contribution in [2.75, 3.05) is 20.3 Å². The fraction of sp³-hybridized carbons (Fsp3) is 0.917. The first kappa shape index (κ1) is 13.5. The van der Waals surface area contributed by atoms with Gasteiger partial charge in [0.05, 0.1) is 7.11 Å². The molecule has 0 aromatic carbocycles. The van der Waals surface area contributed by atoms with Crippen LogP contribution in [0, 0.1) is 5.92 Å². The SMILES string of the molecule is CCC(C)NC(C(=O)OC)C1CCOCC1. The van der Waals surface area contributed by atoms with E-state index >= 15 is 0 Å². The van der Waals surface area contributed by atoms with Gasteiger partial charge in [-0.15, -0.1) is 0 Å². The zero-order chi connectivity index (χ0) is 12.0.